The molecule has 4 heterocycles. The van der Waals surface area contributed by atoms with Gasteiger partial charge in [0.25, 0.3) is 0 Å². The van der Waals surface area contributed by atoms with Gasteiger partial charge in [0, 0.05) is 54.5 Å². The van der Waals surface area contributed by atoms with Crippen LogP contribution in [0.1, 0.15) is 0 Å². The van der Waals surface area contributed by atoms with Gasteiger partial charge in [-0.05, 0) is 58.7 Å². The summed E-state index contributed by atoms with van der Waals surface area (Å²) in [4.78, 5) is 20.2. The maximum Gasteiger partial charge on any atom is 0.238 e. The standard InChI is InChI=1S/C44H27N5S/c1-3-11-28(12-4-1)30-15-9-17-32(25-30)42-46-43(33-18-10-16-31(26-33)29-13-5-2-6-14-29)48-44(47-42)49-36-23-24-45-27-35(36)40-37(49)21-22-39-41(40)34-19-7-8-20-38(34)50-39/h1-27H. The van der Waals surface area contributed by atoms with E-state index < -0.39 is 0 Å². The summed E-state index contributed by atoms with van der Waals surface area (Å²) in [7, 11) is 0. The normalized spacial score (nSPS) is 11.6. The Hall–Kier alpha value is -6.50. The van der Waals surface area contributed by atoms with Crippen molar-refractivity contribution < 1.29 is 0 Å². The molecule has 5 nitrogen and oxygen atoms in total. The topological polar surface area (TPSA) is 56.5 Å². The molecule has 0 saturated heterocycles. The van der Waals surface area contributed by atoms with Crippen LogP contribution in [-0.2, 0) is 0 Å². The Kier molecular flexibility index (Phi) is 6.60. The third-order valence-corrected chi connectivity index (χ3v) is 10.5. The molecule has 0 radical (unpaired) electrons. The number of hydrogen-bond acceptors (Lipinski definition) is 5. The molecule has 0 fully saturated rings. The third kappa shape index (κ3) is 4.69. The summed E-state index contributed by atoms with van der Waals surface area (Å²) < 4.78 is 4.69. The van der Waals surface area contributed by atoms with Gasteiger partial charge in [-0.15, -0.1) is 11.3 Å². The van der Waals surface area contributed by atoms with Crippen molar-refractivity contribution in [1.82, 2.24) is 24.5 Å². The molecule has 6 heteroatoms. The van der Waals surface area contributed by atoms with E-state index >= 15 is 0 Å². The van der Waals surface area contributed by atoms with Crippen LogP contribution in [-0.4, -0.2) is 24.5 Å². The minimum absolute atomic E-state index is 0.560. The Morgan fingerprint density at radius 2 is 1.02 bits per heavy atom. The van der Waals surface area contributed by atoms with Gasteiger partial charge in [0.2, 0.25) is 5.95 Å². The fourth-order valence-corrected chi connectivity index (χ4v) is 8.16. The number of hydrogen-bond donors (Lipinski definition) is 0. The molecule has 0 bridgehead atoms. The Morgan fingerprint density at radius 1 is 0.420 bits per heavy atom. The van der Waals surface area contributed by atoms with Crippen LogP contribution >= 0.6 is 11.3 Å². The molecule has 234 valence electrons. The number of pyridine rings is 1. The number of fused-ring (bicyclic) bond motifs is 7. The predicted molar refractivity (Wildman–Crippen MR) is 207 cm³/mol. The Balaban J connectivity index is 1.25. The van der Waals surface area contributed by atoms with E-state index in [-0.39, 0.29) is 0 Å². The summed E-state index contributed by atoms with van der Waals surface area (Å²) in [6.45, 7) is 0. The monoisotopic (exact) mass is 657 g/mol. The van der Waals surface area contributed by atoms with Gasteiger partial charge >= 0.3 is 0 Å². The van der Waals surface area contributed by atoms with Crippen molar-refractivity contribution in [3.05, 3.63) is 164 Å². The van der Waals surface area contributed by atoms with Crippen LogP contribution in [0.25, 0.3) is 93.0 Å². The Labute approximate surface area is 291 Å². The van der Waals surface area contributed by atoms with Crippen molar-refractivity contribution in [2.75, 3.05) is 0 Å². The fourth-order valence-electron chi connectivity index (χ4n) is 7.04. The molecule has 10 rings (SSSR count). The largest absolute Gasteiger partial charge is 0.278 e. The van der Waals surface area contributed by atoms with E-state index in [4.69, 9.17) is 15.0 Å². The molecule has 0 spiro atoms. The van der Waals surface area contributed by atoms with E-state index in [1.807, 2.05) is 35.9 Å². The molecule has 0 aliphatic rings. The molecule has 6 aromatic carbocycles. The first-order valence-corrected chi connectivity index (χ1v) is 17.4. The maximum absolute atomic E-state index is 5.24. The zero-order chi connectivity index (χ0) is 33.0. The zero-order valence-corrected chi connectivity index (χ0v) is 27.5. The predicted octanol–water partition coefficient (Wildman–Crippen LogP) is 11.4. The lowest BCUT2D eigenvalue weighted by Crippen LogP contribution is -2.06. The first kappa shape index (κ1) is 28.5. The van der Waals surface area contributed by atoms with E-state index in [1.165, 1.54) is 20.2 Å². The molecular formula is C44H27N5S. The van der Waals surface area contributed by atoms with Crippen LogP contribution in [0.5, 0.6) is 0 Å². The first-order chi connectivity index (χ1) is 24.8. The number of rotatable bonds is 5. The highest BCUT2D eigenvalue weighted by Crippen LogP contribution is 2.43. The number of benzene rings is 6. The molecule has 0 unspecified atom stereocenters. The minimum Gasteiger partial charge on any atom is -0.278 e. The lowest BCUT2D eigenvalue weighted by atomic mass is 10.0. The number of nitrogens with zero attached hydrogens (tertiary/aromatic N) is 5. The lowest BCUT2D eigenvalue weighted by Gasteiger charge is -2.12. The number of thiophene rings is 1. The third-order valence-electron chi connectivity index (χ3n) is 9.35. The van der Waals surface area contributed by atoms with Crippen LogP contribution in [0.3, 0.4) is 0 Å². The molecule has 0 amide bonds. The van der Waals surface area contributed by atoms with Gasteiger partial charge < -0.3 is 0 Å². The van der Waals surface area contributed by atoms with Crippen molar-refractivity contribution in [3.8, 4) is 51.0 Å². The molecule has 4 aromatic heterocycles. The van der Waals surface area contributed by atoms with E-state index in [9.17, 15) is 0 Å². The Morgan fingerprint density at radius 3 is 1.70 bits per heavy atom. The molecule has 10 aromatic rings. The summed E-state index contributed by atoms with van der Waals surface area (Å²) in [6, 6.07) is 52.8. The number of aromatic nitrogens is 5. The van der Waals surface area contributed by atoms with Crippen molar-refractivity contribution in [2.24, 2.45) is 0 Å². The highest BCUT2D eigenvalue weighted by molar-refractivity contribution is 7.26. The van der Waals surface area contributed by atoms with Crippen molar-refractivity contribution in [3.63, 3.8) is 0 Å². The SMILES string of the molecule is c1ccc(-c2cccc(-c3nc(-c4cccc(-c5ccccc5)c4)nc(-n4c5ccncc5c5c6c(ccc54)sc4ccccc46)n3)c2)cc1. The second kappa shape index (κ2) is 11.6. The van der Waals surface area contributed by atoms with Crippen LogP contribution in [0.2, 0.25) is 0 Å². The van der Waals surface area contributed by atoms with Gasteiger partial charge in [-0.25, -0.2) is 4.98 Å². The average molecular weight is 658 g/mol. The van der Waals surface area contributed by atoms with Gasteiger partial charge in [-0.3, -0.25) is 9.55 Å². The van der Waals surface area contributed by atoms with Gasteiger partial charge in [-0.1, -0.05) is 115 Å². The van der Waals surface area contributed by atoms with Crippen molar-refractivity contribution in [1.29, 1.82) is 0 Å². The van der Waals surface area contributed by atoms with Crippen molar-refractivity contribution in [2.45, 2.75) is 0 Å². The van der Waals surface area contributed by atoms with Crippen LogP contribution in [0.4, 0.5) is 0 Å². The average Bonchev–Trinajstić information content (AvgIpc) is 3.74. The molecule has 0 aliphatic heterocycles. The molecule has 0 aliphatic carbocycles. The second-order valence-electron chi connectivity index (χ2n) is 12.3. The fraction of sp³-hybridized carbons (Fsp3) is 0. The molecular weight excluding hydrogens is 631 g/mol. The van der Waals surface area contributed by atoms with Crippen LogP contribution in [0.15, 0.2) is 164 Å². The van der Waals surface area contributed by atoms with Crippen molar-refractivity contribution >= 4 is 53.3 Å². The smallest absolute Gasteiger partial charge is 0.238 e. The van der Waals surface area contributed by atoms with E-state index in [2.05, 4.69) is 149 Å². The summed E-state index contributed by atoms with van der Waals surface area (Å²) in [5.41, 5.74) is 8.36. The van der Waals surface area contributed by atoms with Gasteiger partial charge in [-0.2, -0.15) is 9.97 Å². The van der Waals surface area contributed by atoms with E-state index in [0.29, 0.717) is 17.6 Å². The minimum atomic E-state index is 0.560. The highest BCUT2D eigenvalue weighted by atomic mass is 32.1. The van der Waals surface area contributed by atoms with Gasteiger partial charge in [0.15, 0.2) is 11.6 Å². The summed E-state index contributed by atoms with van der Waals surface area (Å²) in [6.07, 6.45) is 3.81. The molecule has 0 saturated carbocycles. The van der Waals surface area contributed by atoms with Gasteiger partial charge in [0.05, 0.1) is 11.0 Å². The highest BCUT2D eigenvalue weighted by Gasteiger charge is 2.21. The quantitative estimate of drug-likeness (QED) is 0.185. The van der Waals surface area contributed by atoms with E-state index in [1.54, 1.807) is 0 Å². The summed E-state index contributed by atoms with van der Waals surface area (Å²) in [5.74, 6) is 1.78. The van der Waals surface area contributed by atoms with Crippen LogP contribution < -0.4 is 0 Å². The van der Waals surface area contributed by atoms with E-state index in [0.717, 1.165) is 55.2 Å². The molecule has 0 N–H and O–H groups in total. The lowest BCUT2D eigenvalue weighted by molar-refractivity contribution is 0.953. The first-order valence-electron chi connectivity index (χ1n) is 16.5. The summed E-state index contributed by atoms with van der Waals surface area (Å²) in [5, 5.41) is 4.70. The van der Waals surface area contributed by atoms with Crippen LogP contribution in [0, 0.1) is 0 Å². The second-order valence-corrected chi connectivity index (χ2v) is 13.4. The summed E-state index contributed by atoms with van der Waals surface area (Å²) >= 11 is 1.82. The molecule has 50 heavy (non-hydrogen) atoms. The zero-order valence-electron chi connectivity index (χ0n) is 26.7. The molecule has 0 atom stereocenters. The van der Waals surface area contributed by atoms with Gasteiger partial charge in [0.1, 0.15) is 0 Å². The Bertz CT molecular complexity index is 2770. The maximum atomic E-state index is 5.24.